The molecule has 0 radical (unpaired) electrons. The highest BCUT2D eigenvalue weighted by Crippen LogP contribution is 2.14. The highest BCUT2D eigenvalue weighted by molar-refractivity contribution is 6.02. The molecule has 18 heavy (non-hydrogen) atoms. The van der Waals surface area contributed by atoms with Gasteiger partial charge in [-0.1, -0.05) is 0 Å². The lowest BCUT2D eigenvalue weighted by molar-refractivity contribution is 0.102. The Bertz CT molecular complexity index is 580. The molecule has 0 unspecified atom stereocenters. The van der Waals surface area contributed by atoms with Crippen LogP contribution in [0.15, 0.2) is 30.6 Å². The number of aryl methyl sites for hydroxylation is 1. The molecule has 2 rings (SSSR count). The summed E-state index contributed by atoms with van der Waals surface area (Å²) in [4.78, 5) is 19.4. The van der Waals surface area contributed by atoms with Gasteiger partial charge in [-0.2, -0.15) is 0 Å². The van der Waals surface area contributed by atoms with Gasteiger partial charge in [-0.3, -0.25) is 9.78 Å². The molecular weight excluding hydrogens is 235 g/mol. The van der Waals surface area contributed by atoms with E-state index in [1.165, 1.54) is 24.5 Å². The number of nitrogens with one attached hydrogen (secondary N) is 1. The summed E-state index contributed by atoms with van der Waals surface area (Å²) in [7, 11) is 0. The molecule has 3 N–H and O–H groups in total. The fourth-order valence-electron chi connectivity index (χ4n) is 1.49. The van der Waals surface area contributed by atoms with Gasteiger partial charge in [0.2, 0.25) is 0 Å². The molecule has 0 saturated heterocycles. The maximum atomic E-state index is 13.1. The molecule has 0 aliphatic carbocycles. The van der Waals surface area contributed by atoms with Crippen LogP contribution in [-0.2, 0) is 0 Å². The van der Waals surface area contributed by atoms with Crippen molar-refractivity contribution >= 4 is 17.4 Å². The Hall–Kier alpha value is -2.50. The standard InChI is InChI=1S/C12H11FN4O/c1-7-2-8(13)4-9(3-7)16-12(18)10-5-15-6-11(14)17-10/h2-6H,1H3,(H2,14,17)(H,16,18). The molecule has 0 aliphatic heterocycles. The molecule has 0 atom stereocenters. The predicted molar refractivity (Wildman–Crippen MR) is 65.5 cm³/mol. The Labute approximate surface area is 103 Å². The van der Waals surface area contributed by atoms with Gasteiger partial charge in [0.1, 0.15) is 17.3 Å². The van der Waals surface area contributed by atoms with Crippen LogP contribution in [0.5, 0.6) is 0 Å². The fourth-order valence-corrected chi connectivity index (χ4v) is 1.49. The lowest BCUT2D eigenvalue weighted by Crippen LogP contribution is -2.15. The maximum absolute atomic E-state index is 13.1. The van der Waals surface area contributed by atoms with Crippen LogP contribution in [-0.4, -0.2) is 15.9 Å². The van der Waals surface area contributed by atoms with E-state index in [4.69, 9.17) is 5.73 Å². The predicted octanol–water partition coefficient (Wildman–Crippen LogP) is 1.76. The number of nitrogens with two attached hydrogens (primary N) is 1. The zero-order valence-electron chi connectivity index (χ0n) is 9.64. The summed E-state index contributed by atoms with van der Waals surface area (Å²) >= 11 is 0. The number of nitrogens with zero attached hydrogens (tertiary/aromatic N) is 2. The number of benzene rings is 1. The average molecular weight is 246 g/mol. The number of aromatic nitrogens is 2. The van der Waals surface area contributed by atoms with E-state index in [-0.39, 0.29) is 11.5 Å². The van der Waals surface area contributed by atoms with Gasteiger partial charge in [0.05, 0.1) is 12.4 Å². The second-order valence-corrected chi connectivity index (χ2v) is 3.80. The Morgan fingerprint density at radius 1 is 1.33 bits per heavy atom. The van der Waals surface area contributed by atoms with Gasteiger partial charge in [0, 0.05) is 5.69 Å². The summed E-state index contributed by atoms with van der Waals surface area (Å²) in [6.45, 7) is 1.74. The summed E-state index contributed by atoms with van der Waals surface area (Å²) in [5.41, 5.74) is 6.58. The molecule has 1 aromatic heterocycles. The van der Waals surface area contributed by atoms with Crippen LogP contribution < -0.4 is 11.1 Å². The topological polar surface area (TPSA) is 80.9 Å². The number of hydrogen-bond donors (Lipinski definition) is 2. The second kappa shape index (κ2) is 4.79. The Kier molecular flexibility index (Phi) is 3.18. The fraction of sp³-hybridized carbons (Fsp3) is 0.0833. The molecule has 1 heterocycles. The first kappa shape index (κ1) is 12.0. The minimum atomic E-state index is -0.486. The van der Waals surface area contributed by atoms with Gasteiger partial charge in [-0.25, -0.2) is 9.37 Å². The maximum Gasteiger partial charge on any atom is 0.275 e. The van der Waals surface area contributed by atoms with E-state index < -0.39 is 11.7 Å². The number of carbonyl (C=O) groups excluding carboxylic acids is 1. The zero-order chi connectivity index (χ0) is 13.1. The highest BCUT2D eigenvalue weighted by Gasteiger charge is 2.09. The number of amides is 1. The van der Waals surface area contributed by atoms with Crippen molar-refractivity contribution < 1.29 is 9.18 Å². The van der Waals surface area contributed by atoms with Crippen molar-refractivity contribution in [3.8, 4) is 0 Å². The molecule has 92 valence electrons. The van der Waals surface area contributed by atoms with Crippen LogP contribution in [0.3, 0.4) is 0 Å². The van der Waals surface area contributed by atoms with Gasteiger partial charge < -0.3 is 11.1 Å². The molecule has 0 bridgehead atoms. The van der Waals surface area contributed by atoms with Crippen LogP contribution in [0.2, 0.25) is 0 Å². The Morgan fingerprint density at radius 2 is 2.11 bits per heavy atom. The van der Waals surface area contributed by atoms with Gasteiger partial charge in [0.15, 0.2) is 0 Å². The number of carbonyl (C=O) groups is 1. The summed E-state index contributed by atoms with van der Waals surface area (Å²) in [6.07, 6.45) is 2.63. The first-order valence-electron chi connectivity index (χ1n) is 5.20. The van der Waals surface area contributed by atoms with E-state index in [0.717, 1.165) is 0 Å². The first-order valence-corrected chi connectivity index (χ1v) is 5.20. The largest absolute Gasteiger partial charge is 0.382 e. The van der Waals surface area contributed by atoms with Crippen LogP contribution in [0.25, 0.3) is 0 Å². The van der Waals surface area contributed by atoms with E-state index in [1.807, 2.05) is 0 Å². The summed E-state index contributed by atoms with van der Waals surface area (Å²) in [5.74, 6) is -0.748. The van der Waals surface area contributed by atoms with Gasteiger partial charge in [-0.05, 0) is 30.7 Å². The Balaban J connectivity index is 2.21. The van der Waals surface area contributed by atoms with E-state index in [2.05, 4.69) is 15.3 Å². The number of nitrogen functional groups attached to an aromatic ring is 1. The van der Waals surface area contributed by atoms with Crippen molar-refractivity contribution in [2.45, 2.75) is 6.92 Å². The van der Waals surface area contributed by atoms with Crippen molar-refractivity contribution in [1.82, 2.24) is 9.97 Å². The van der Waals surface area contributed by atoms with E-state index in [9.17, 15) is 9.18 Å². The van der Waals surface area contributed by atoms with Crippen LogP contribution in [0.4, 0.5) is 15.9 Å². The van der Waals surface area contributed by atoms with Crippen molar-refractivity contribution in [1.29, 1.82) is 0 Å². The van der Waals surface area contributed by atoms with Crippen LogP contribution in [0, 0.1) is 12.7 Å². The first-order chi connectivity index (χ1) is 8.54. The third kappa shape index (κ3) is 2.79. The number of halogens is 1. The number of hydrogen-bond acceptors (Lipinski definition) is 4. The molecule has 0 spiro atoms. The Morgan fingerprint density at radius 3 is 2.78 bits per heavy atom. The molecule has 0 fully saturated rings. The third-order valence-electron chi connectivity index (χ3n) is 2.19. The molecular formula is C12H11FN4O. The normalized spacial score (nSPS) is 10.1. The monoisotopic (exact) mass is 246 g/mol. The molecule has 6 heteroatoms. The average Bonchev–Trinajstić information content (AvgIpc) is 2.27. The lowest BCUT2D eigenvalue weighted by atomic mass is 10.2. The van der Waals surface area contributed by atoms with Crippen molar-refractivity contribution in [3.05, 3.63) is 47.7 Å². The zero-order valence-corrected chi connectivity index (χ0v) is 9.64. The molecule has 5 nitrogen and oxygen atoms in total. The van der Waals surface area contributed by atoms with E-state index in [0.29, 0.717) is 11.3 Å². The lowest BCUT2D eigenvalue weighted by Gasteiger charge is -2.06. The molecule has 1 amide bonds. The van der Waals surface area contributed by atoms with Crippen molar-refractivity contribution in [3.63, 3.8) is 0 Å². The minimum absolute atomic E-state index is 0.0805. The van der Waals surface area contributed by atoms with Crippen molar-refractivity contribution in [2.75, 3.05) is 11.1 Å². The number of anilines is 2. The summed E-state index contributed by atoms with van der Waals surface area (Å²) in [6, 6.07) is 4.25. The SMILES string of the molecule is Cc1cc(F)cc(NC(=O)c2cncc(N)n2)c1. The second-order valence-electron chi connectivity index (χ2n) is 3.80. The van der Waals surface area contributed by atoms with Gasteiger partial charge >= 0.3 is 0 Å². The van der Waals surface area contributed by atoms with Gasteiger partial charge in [0.25, 0.3) is 5.91 Å². The molecule has 1 aromatic carbocycles. The smallest absolute Gasteiger partial charge is 0.275 e. The number of rotatable bonds is 2. The minimum Gasteiger partial charge on any atom is -0.382 e. The summed E-state index contributed by atoms with van der Waals surface area (Å²) < 4.78 is 13.1. The van der Waals surface area contributed by atoms with E-state index in [1.54, 1.807) is 13.0 Å². The van der Waals surface area contributed by atoms with Crippen molar-refractivity contribution in [2.24, 2.45) is 0 Å². The third-order valence-corrected chi connectivity index (χ3v) is 2.19. The highest BCUT2D eigenvalue weighted by atomic mass is 19.1. The quantitative estimate of drug-likeness (QED) is 0.846. The molecule has 0 saturated carbocycles. The summed E-state index contributed by atoms with van der Waals surface area (Å²) in [5, 5.41) is 2.53. The van der Waals surface area contributed by atoms with Crippen LogP contribution in [0.1, 0.15) is 16.1 Å². The van der Waals surface area contributed by atoms with Crippen LogP contribution >= 0.6 is 0 Å². The molecule has 0 aliphatic rings. The van der Waals surface area contributed by atoms with Gasteiger partial charge in [-0.15, -0.1) is 0 Å². The van der Waals surface area contributed by atoms with E-state index >= 15 is 0 Å². The molecule has 2 aromatic rings.